The number of carbonyl (C=O) groups excluding carboxylic acids is 1. The van der Waals surface area contributed by atoms with Gasteiger partial charge in [-0.25, -0.2) is 4.98 Å². The van der Waals surface area contributed by atoms with E-state index in [2.05, 4.69) is 32.0 Å². The lowest BCUT2D eigenvalue weighted by atomic mass is 10.2. The smallest absolute Gasteiger partial charge is 0.293 e. The van der Waals surface area contributed by atoms with Crippen molar-refractivity contribution in [3.8, 4) is 5.75 Å². The Morgan fingerprint density at radius 1 is 1.18 bits per heavy atom. The average Bonchev–Trinajstić information content (AvgIpc) is 2.86. The van der Waals surface area contributed by atoms with Gasteiger partial charge >= 0.3 is 0 Å². The number of anilines is 3. The second kappa shape index (κ2) is 10.4. The number of aromatic nitrogens is 3. The Bertz CT molecular complexity index is 1250. The molecular formula is C24H29ClN6O3. The molecule has 2 aromatic heterocycles. The van der Waals surface area contributed by atoms with Gasteiger partial charge in [0.05, 0.1) is 11.7 Å². The number of carbonyl (C=O) groups is 1. The van der Waals surface area contributed by atoms with Crippen molar-refractivity contribution in [1.29, 1.82) is 0 Å². The zero-order valence-electron chi connectivity index (χ0n) is 19.7. The molecule has 0 saturated carbocycles. The summed E-state index contributed by atoms with van der Waals surface area (Å²) in [7, 11) is 1.68. The lowest BCUT2D eigenvalue weighted by Gasteiger charge is -2.34. The molecule has 0 amide bonds. The highest BCUT2D eigenvalue weighted by Crippen LogP contribution is 2.28. The highest BCUT2D eigenvalue weighted by Gasteiger charge is 2.19. The molecule has 0 radical (unpaired) electrons. The summed E-state index contributed by atoms with van der Waals surface area (Å²) in [5, 5.41) is 4.47. The van der Waals surface area contributed by atoms with Crippen molar-refractivity contribution in [2.24, 2.45) is 7.05 Å². The fraction of sp³-hybridized carbons (Fsp3) is 0.417. The highest BCUT2D eigenvalue weighted by molar-refractivity contribution is 6.32. The van der Waals surface area contributed by atoms with Gasteiger partial charge in [-0.05, 0) is 30.8 Å². The van der Waals surface area contributed by atoms with Crippen LogP contribution in [-0.2, 0) is 11.8 Å². The molecule has 180 valence electrons. The van der Waals surface area contributed by atoms with E-state index in [4.69, 9.17) is 16.3 Å². The molecule has 10 heteroatoms. The van der Waals surface area contributed by atoms with Crippen LogP contribution in [0.2, 0.25) is 5.02 Å². The zero-order valence-corrected chi connectivity index (χ0v) is 20.4. The molecule has 0 spiro atoms. The van der Waals surface area contributed by atoms with Gasteiger partial charge in [0.25, 0.3) is 5.56 Å². The number of pyridine rings is 1. The van der Waals surface area contributed by atoms with Gasteiger partial charge in [0.2, 0.25) is 5.95 Å². The van der Waals surface area contributed by atoms with Gasteiger partial charge in [-0.3, -0.25) is 9.59 Å². The van der Waals surface area contributed by atoms with Gasteiger partial charge < -0.3 is 24.4 Å². The summed E-state index contributed by atoms with van der Waals surface area (Å²) in [4.78, 5) is 37.9. The van der Waals surface area contributed by atoms with Crippen LogP contribution < -0.4 is 20.5 Å². The zero-order chi connectivity index (χ0) is 24.2. The Morgan fingerprint density at radius 3 is 2.65 bits per heavy atom. The van der Waals surface area contributed by atoms with Crippen LogP contribution in [0.3, 0.4) is 0 Å². The molecule has 0 unspecified atom stereocenters. The predicted molar refractivity (Wildman–Crippen MR) is 135 cm³/mol. The maximum Gasteiger partial charge on any atom is 0.293 e. The Balaban J connectivity index is 1.59. The number of piperazine rings is 1. The van der Waals surface area contributed by atoms with Crippen LogP contribution in [0.1, 0.15) is 20.3 Å². The highest BCUT2D eigenvalue weighted by atomic mass is 35.5. The summed E-state index contributed by atoms with van der Waals surface area (Å²) in [6, 6.07) is 7.26. The van der Waals surface area contributed by atoms with Crippen molar-refractivity contribution >= 4 is 45.7 Å². The molecule has 34 heavy (non-hydrogen) atoms. The maximum absolute atomic E-state index is 12.6. The summed E-state index contributed by atoms with van der Waals surface area (Å²) in [5.74, 6) is 1.23. The third-order valence-electron chi connectivity index (χ3n) is 6.07. The number of nitrogens with zero attached hydrogens (tertiary/aromatic N) is 5. The topological polar surface area (TPSA) is 92.6 Å². The number of likely N-dealkylation sites (N-methyl/N-ethyl adjacent to an activating group) is 1. The minimum absolute atomic E-state index is 0.0668. The van der Waals surface area contributed by atoms with Crippen LogP contribution >= 0.6 is 11.6 Å². The van der Waals surface area contributed by atoms with E-state index in [0.29, 0.717) is 23.2 Å². The van der Waals surface area contributed by atoms with Gasteiger partial charge in [-0.1, -0.05) is 25.4 Å². The van der Waals surface area contributed by atoms with E-state index in [9.17, 15) is 9.59 Å². The molecule has 1 fully saturated rings. The van der Waals surface area contributed by atoms with Gasteiger partial charge in [0.15, 0.2) is 17.4 Å². The Morgan fingerprint density at radius 2 is 1.94 bits per heavy atom. The fourth-order valence-corrected chi connectivity index (χ4v) is 4.03. The Hall–Kier alpha value is -3.17. The second-order valence-corrected chi connectivity index (χ2v) is 8.65. The first kappa shape index (κ1) is 24.0. The molecule has 9 nitrogen and oxygen atoms in total. The third-order valence-corrected chi connectivity index (χ3v) is 6.35. The van der Waals surface area contributed by atoms with Gasteiger partial charge in [0, 0.05) is 50.7 Å². The van der Waals surface area contributed by atoms with E-state index in [1.165, 1.54) is 4.57 Å². The number of halogens is 1. The van der Waals surface area contributed by atoms with Crippen LogP contribution in [0, 0.1) is 0 Å². The SMILES string of the molecule is CCC(=O)COc1cc2cc(Nc3nc(N4CCN(CC)CC4)ncc3Cl)ccc2n(C)c1=O. The number of ether oxygens (including phenoxy) is 1. The van der Waals surface area contributed by atoms with E-state index in [1.807, 2.05) is 18.2 Å². The van der Waals surface area contributed by atoms with Crippen molar-refractivity contribution < 1.29 is 9.53 Å². The number of hydrogen-bond donors (Lipinski definition) is 1. The van der Waals surface area contributed by atoms with Crippen LogP contribution in [0.4, 0.5) is 17.5 Å². The molecule has 0 aliphatic carbocycles. The number of fused-ring (bicyclic) bond motifs is 1. The number of rotatable bonds is 8. The molecule has 1 aliphatic rings. The first-order valence-electron chi connectivity index (χ1n) is 11.4. The van der Waals surface area contributed by atoms with Crippen LogP contribution in [-0.4, -0.2) is 64.5 Å². The molecule has 3 heterocycles. The molecule has 3 aromatic rings. The van der Waals surface area contributed by atoms with Crippen molar-refractivity contribution in [2.45, 2.75) is 20.3 Å². The largest absolute Gasteiger partial charge is 0.480 e. The standard InChI is InChI=1S/C24H29ClN6O3/c1-4-18(32)15-34-21-13-16-12-17(6-7-20(16)29(3)23(21)33)27-22-19(25)14-26-24(28-22)31-10-8-30(5-2)9-11-31/h6-7,12-14H,4-5,8-11,15H2,1-3H3,(H,26,27,28). The summed E-state index contributed by atoms with van der Waals surface area (Å²) in [6.45, 7) is 8.52. The first-order chi connectivity index (χ1) is 16.4. The lowest BCUT2D eigenvalue weighted by molar-refractivity contribution is -0.120. The number of nitrogens with one attached hydrogen (secondary N) is 1. The molecule has 1 aromatic carbocycles. The number of hydrogen-bond acceptors (Lipinski definition) is 8. The van der Waals surface area contributed by atoms with Crippen molar-refractivity contribution in [2.75, 3.05) is 49.5 Å². The summed E-state index contributed by atoms with van der Waals surface area (Å²) in [5.41, 5.74) is 1.21. The monoisotopic (exact) mass is 484 g/mol. The lowest BCUT2D eigenvalue weighted by Crippen LogP contribution is -2.46. The maximum atomic E-state index is 12.6. The number of Topliss-reactive ketones (excluding diaryl/α,β-unsaturated/α-hetero) is 1. The molecular weight excluding hydrogens is 456 g/mol. The van der Waals surface area contributed by atoms with E-state index in [-0.39, 0.29) is 23.7 Å². The van der Waals surface area contributed by atoms with Crippen LogP contribution in [0.15, 0.2) is 35.3 Å². The van der Waals surface area contributed by atoms with E-state index < -0.39 is 0 Å². The van der Waals surface area contributed by atoms with Crippen molar-refractivity contribution in [3.05, 3.63) is 45.8 Å². The van der Waals surface area contributed by atoms with Gasteiger partial charge in [0.1, 0.15) is 11.6 Å². The van der Waals surface area contributed by atoms with Gasteiger partial charge in [-0.15, -0.1) is 0 Å². The van der Waals surface area contributed by atoms with Crippen molar-refractivity contribution in [3.63, 3.8) is 0 Å². The molecule has 4 rings (SSSR count). The average molecular weight is 485 g/mol. The third kappa shape index (κ3) is 5.15. The molecule has 0 atom stereocenters. The van der Waals surface area contributed by atoms with Crippen LogP contribution in [0.25, 0.3) is 10.9 Å². The second-order valence-electron chi connectivity index (χ2n) is 8.24. The van der Waals surface area contributed by atoms with Crippen molar-refractivity contribution in [1.82, 2.24) is 19.4 Å². The molecule has 1 aliphatic heterocycles. The number of ketones is 1. The predicted octanol–water partition coefficient (Wildman–Crippen LogP) is 3.23. The van der Waals surface area contributed by atoms with E-state index in [1.54, 1.807) is 26.2 Å². The number of aryl methyl sites for hydroxylation is 1. The minimum atomic E-state index is -0.288. The molecule has 1 saturated heterocycles. The fourth-order valence-electron chi connectivity index (χ4n) is 3.89. The molecule has 1 N–H and O–H groups in total. The minimum Gasteiger partial charge on any atom is -0.480 e. The van der Waals surface area contributed by atoms with E-state index in [0.717, 1.165) is 49.3 Å². The summed E-state index contributed by atoms with van der Waals surface area (Å²) >= 11 is 6.39. The van der Waals surface area contributed by atoms with Gasteiger partial charge in [-0.2, -0.15) is 4.98 Å². The normalized spacial score (nSPS) is 14.4. The summed E-state index contributed by atoms with van der Waals surface area (Å²) < 4.78 is 7.01. The quantitative estimate of drug-likeness (QED) is 0.521. The first-order valence-corrected chi connectivity index (χ1v) is 11.8. The van der Waals surface area contributed by atoms with E-state index >= 15 is 0 Å². The number of benzene rings is 1. The Kier molecular flexibility index (Phi) is 7.33. The summed E-state index contributed by atoms with van der Waals surface area (Å²) in [6.07, 6.45) is 1.97. The Labute approximate surface area is 203 Å². The molecule has 0 bridgehead atoms. The van der Waals surface area contributed by atoms with Crippen LogP contribution in [0.5, 0.6) is 5.75 Å².